The van der Waals surface area contributed by atoms with Gasteiger partial charge >= 0.3 is 0 Å². The molecular formula is C13H27NO2. The molecule has 0 spiro atoms. The number of hydrogen-bond acceptors (Lipinski definition) is 3. The average molecular weight is 229 g/mol. The van der Waals surface area contributed by atoms with Crippen LogP contribution < -0.4 is 0 Å². The Kier molecular flexibility index (Phi) is 7.60. The second-order valence-electron chi connectivity index (χ2n) is 5.41. The predicted octanol–water partition coefficient (Wildman–Crippen LogP) is 2.49. The molecule has 0 bridgehead atoms. The van der Waals surface area contributed by atoms with Gasteiger partial charge in [0, 0.05) is 12.1 Å². The number of hydrogen-bond donors (Lipinski definition) is 0. The van der Waals surface area contributed by atoms with Gasteiger partial charge in [-0.1, -0.05) is 0 Å². The zero-order valence-electron chi connectivity index (χ0n) is 11.5. The number of unbranched alkanes of at least 4 members (excludes halogenated alkanes) is 2. The standard InChI is InChI=1S/C13H27NO2/c1-12(15)11-16-10-8-6-7-9-14(5)13(2,3)4/h6-11H2,1-5H3. The number of Topliss-reactive ketones (excluding diaryl/α,β-unsaturated/α-hetero) is 1. The summed E-state index contributed by atoms with van der Waals surface area (Å²) in [4.78, 5) is 13.0. The van der Waals surface area contributed by atoms with Gasteiger partial charge in [0.1, 0.15) is 6.61 Å². The Labute approximate surface area is 100 Å². The highest BCUT2D eigenvalue weighted by Gasteiger charge is 2.15. The number of rotatable bonds is 8. The summed E-state index contributed by atoms with van der Waals surface area (Å²) in [6.45, 7) is 10.3. The molecule has 16 heavy (non-hydrogen) atoms. The average Bonchev–Trinajstić information content (AvgIpc) is 2.14. The Balaban J connectivity index is 3.31. The molecule has 0 aromatic heterocycles. The van der Waals surface area contributed by atoms with Crippen LogP contribution in [0, 0.1) is 0 Å². The van der Waals surface area contributed by atoms with E-state index in [9.17, 15) is 4.79 Å². The van der Waals surface area contributed by atoms with E-state index in [0.717, 1.165) is 13.0 Å². The molecule has 0 rings (SSSR count). The van der Waals surface area contributed by atoms with E-state index in [-0.39, 0.29) is 17.9 Å². The molecule has 0 saturated heterocycles. The lowest BCUT2D eigenvalue weighted by Gasteiger charge is -2.31. The highest BCUT2D eigenvalue weighted by atomic mass is 16.5. The minimum absolute atomic E-state index is 0.104. The van der Waals surface area contributed by atoms with Crippen molar-refractivity contribution in [1.82, 2.24) is 4.90 Å². The first kappa shape index (κ1) is 15.6. The van der Waals surface area contributed by atoms with Crippen molar-refractivity contribution in [3.05, 3.63) is 0 Å². The molecule has 0 radical (unpaired) electrons. The van der Waals surface area contributed by atoms with Crippen molar-refractivity contribution in [2.75, 3.05) is 26.8 Å². The molecular weight excluding hydrogens is 202 g/mol. The number of nitrogens with zero attached hydrogens (tertiary/aromatic N) is 1. The van der Waals surface area contributed by atoms with Crippen LogP contribution in [0.2, 0.25) is 0 Å². The van der Waals surface area contributed by atoms with E-state index in [4.69, 9.17) is 4.74 Å². The van der Waals surface area contributed by atoms with Crippen LogP contribution in [-0.4, -0.2) is 43.0 Å². The van der Waals surface area contributed by atoms with Crippen LogP contribution in [0.5, 0.6) is 0 Å². The molecule has 0 aliphatic rings. The number of ketones is 1. The van der Waals surface area contributed by atoms with Crippen LogP contribution >= 0.6 is 0 Å². The fourth-order valence-corrected chi connectivity index (χ4v) is 1.28. The molecule has 96 valence electrons. The van der Waals surface area contributed by atoms with Crippen molar-refractivity contribution in [2.45, 2.75) is 52.5 Å². The maximum atomic E-state index is 10.6. The molecule has 3 heteroatoms. The second-order valence-corrected chi connectivity index (χ2v) is 5.41. The summed E-state index contributed by atoms with van der Waals surface area (Å²) >= 11 is 0. The minimum atomic E-state index is 0.104. The van der Waals surface area contributed by atoms with Crippen LogP contribution in [0.1, 0.15) is 47.0 Å². The van der Waals surface area contributed by atoms with Gasteiger partial charge in [-0.15, -0.1) is 0 Å². The van der Waals surface area contributed by atoms with Gasteiger partial charge in [-0.05, 0) is 60.5 Å². The van der Waals surface area contributed by atoms with E-state index >= 15 is 0 Å². The van der Waals surface area contributed by atoms with Gasteiger partial charge in [-0.25, -0.2) is 0 Å². The lowest BCUT2D eigenvalue weighted by molar-refractivity contribution is -0.121. The fraction of sp³-hybridized carbons (Fsp3) is 0.923. The normalized spacial score (nSPS) is 12.1. The van der Waals surface area contributed by atoms with Crippen molar-refractivity contribution >= 4 is 5.78 Å². The van der Waals surface area contributed by atoms with E-state index in [1.54, 1.807) is 6.92 Å². The number of ether oxygens (including phenoxy) is 1. The van der Waals surface area contributed by atoms with Crippen molar-refractivity contribution in [1.29, 1.82) is 0 Å². The molecule has 0 atom stereocenters. The summed E-state index contributed by atoms with van der Waals surface area (Å²) in [6, 6.07) is 0. The van der Waals surface area contributed by atoms with Crippen molar-refractivity contribution in [3.63, 3.8) is 0 Å². The Morgan fingerprint density at radius 1 is 1.19 bits per heavy atom. The first-order valence-corrected chi connectivity index (χ1v) is 6.12. The molecule has 0 amide bonds. The third kappa shape index (κ3) is 8.86. The van der Waals surface area contributed by atoms with Gasteiger partial charge in [0.05, 0.1) is 0 Å². The Hall–Kier alpha value is -0.410. The Morgan fingerprint density at radius 3 is 2.31 bits per heavy atom. The summed E-state index contributed by atoms with van der Waals surface area (Å²) in [5, 5.41) is 0. The molecule has 3 nitrogen and oxygen atoms in total. The maximum absolute atomic E-state index is 10.6. The molecule has 0 N–H and O–H groups in total. The highest BCUT2D eigenvalue weighted by molar-refractivity contribution is 5.76. The molecule has 0 aromatic carbocycles. The SMILES string of the molecule is CC(=O)COCCCCCN(C)C(C)(C)C. The van der Waals surface area contributed by atoms with Gasteiger partial charge in [-0.3, -0.25) is 4.79 Å². The number of carbonyl (C=O) groups excluding carboxylic acids is 1. The molecule has 0 heterocycles. The summed E-state index contributed by atoms with van der Waals surface area (Å²) in [5.74, 6) is 0.104. The van der Waals surface area contributed by atoms with Crippen molar-refractivity contribution in [3.8, 4) is 0 Å². The maximum Gasteiger partial charge on any atom is 0.155 e. The lowest BCUT2D eigenvalue weighted by Crippen LogP contribution is -2.38. The van der Waals surface area contributed by atoms with Crippen molar-refractivity contribution in [2.24, 2.45) is 0 Å². The molecule has 0 saturated carbocycles. The monoisotopic (exact) mass is 229 g/mol. The second kappa shape index (κ2) is 7.80. The minimum Gasteiger partial charge on any atom is -0.374 e. The topological polar surface area (TPSA) is 29.5 Å². The Bertz CT molecular complexity index is 197. The summed E-state index contributed by atoms with van der Waals surface area (Å²) in [5.41, 5.74) is 0.255. The van der Waals surface area contributed by atoms with Gasteiger partial charge < -0.3 is 9.64 Å². The third-order valence-corrected chi connectivity index (χ3v) is 2.73. The quantitative estimate of drug-likeness (QED) is 0.599. The molecule has 0 fully saturated rings. The van der Waals surface area contributed by atoms with Crippen LogP contribution in [0.3, 0.4) is 0 Å². The van der Waals surface area contributed by atoms with E-state index in [1.807, 2.05) is 0 Å². The van der Waals surface area contributed by atoms with Gasteiger partial charge in [0.25, 0.3) is 0 Å². The summed E-state index contributed by atoms with van der Waals surface area (Å²) < 4.78 is 5.21. The summed E-state index contributed by atoms with van der Waals surface area (Å²) in [7, 11) is 2.16. The first-order valence-electron chi connectivity index (χ1n) is 6.12. The molecule has 0 aromatic rings. The number of carbonyl (C=O) groups is 1. The van der Waals surface area contributed by atoms with Crippen LogP contribution in [0.25, 0.3) is 0 Å². The van der Waals surface area contributed by atoms with Crippen LogP contribution in [-0.2, 0) is 9.53 Å². The zero-order chi connectivity index (χ0) is 12.6. The fourth-order valence-electron chi connectivity index (χ4n) is 1.28. The molecule has 0 unspecified atom stereocenters. The smallest absolute Gasteiger partial charge is 0.155 e. The summed E-state index contributed by atoms with van der Waals surface area (Å²) in [6.07, 6.45) is 3.40. The van der Waals surface area contributed by atoms with Crippen LogP contribution in [0.4, 0.5) is 0 Å². The molecule has 0 aliphatic carbocycles. The third-order valence-electron chi connectivity index (χ3n) is 2.73. The van der Waals surface area contributed by atoms with Gasteiger partial charge in [0.15, 0.2) is 5.78 Å². The zero-order valence-corrected chi connectivity index (χ0v) is 11.5. The van der Waals surface area contributed by atoms with E-state index in [1.165, 1.54) is 12.8 Å². The van der Waals surface area contributed by atoms with Gasteiger partial charge in [0.2, 0.25) is 0 Å². The predicted molar refractivity (Wildman–Crippen MR) is 67.7 cm³/mol. The van der Waals surface area contributed by atoms with Gasteiger partial charge in [-0.2, -0.15) is 0 Å². The lowest BCUT2D eigenvalue weighted by atomic mass is 10.1. The highest BCUT2D eigenvalue weighted by Crippen LogP contribution is 2.11. The molecule has 0 aliphatic heterocycles. The van der Waals surface area contributed by atoms with Crippen LogP contribution in [0.15, 0.2) is 0 Å². The van der Waals surface area contributed by atoms with E-state index < -0.39 is 0 Å². The van der Waals surface area contributed by atoms with Crippen molar-refractivity contribution < 1.29 is 9.53 Å². The first-order chi connectivity index (χ1) is 7.34. The van der Waals surface area contributed by atoms with E-state index in [0.29, 0.717) is 6.61 Å². The van der Waals surface area contributed by atoms with E-state index in [2.05, 4.69) is 32.7 Å². The largest absolute Gasteiger partial charge is 0.374 e. The Morgan fingerprint density at radius 2 is 1.81 bits per heavy atom.